The maximum Gasteiger partial charge on any atom is 0.316 e. The molecule has 0 saturated carbocycles. The highest BCUT2D eigenvalue weighted by Gasteiger charge is 2.30. The Labute approximate surface area is 206 Å². The highest BCUT2D eigenvalue weighted by molar-refractivity contribution is 5.88. The molecule has 0 spiro atoms. The SMILES string of the molecule is Cc1cccc(C)c1-n1nc2c(c1-c1ccc(NC(N)=O)cc1)CN(c1ccccc1C(C)C)C2. The van der Waals surface area contributed by atoms with Crippen LogP contribution in [0.15, 0.2) is 66.7 Å². The lowest BCUT2D eigenvalue weighted by atomic mass is 10.0. The fourth-order valence-electron chi connectivity index (χ4n) is 5.10. The second-order valence-electron chi connectivity index (χ2n) is 9.56. The number of carbonyl (C=O) groups is 1. The number of primary amides is 1. The van der Waals surface area contributed by atoms with Crippen molar-refractivity contribution in [3.8, 4) is 16.9 Å². The van der Waals surface area contributed by atoms with E-state index >= 15 is 0 Å². The zero-order valence-corrected chi connectivity index (χ0v) is 20.7. The van der Waals surface area contributed by atoms with E-state index in [1.54, 1.807) is 0 Å². The third-order valence-corrected chi connectivity index (χ3v) is 6.73. The molecular formula is C29H31N5O. The number of anilines is 2. The van der Waals surface area contributed by atoms with Crippen LogP contribution in [0.5, 0.6) is 0 Å². The lowest BCUT2D eigenvalue weighted by molar-refractivity contribution is 0.259. The summed E-state index contributed by atoms with van der Waals surface area (Å²) in [5.74, 6) is 0.443. The number of nitrogens with zero attached hydrogens (tertiary/aromatic N) is 3. The molecule has 5 rings (SSSR count). The summed E-state index contributed by atoms with van der Waals surface area (Å²) in [5, 5.41) is 7.81. The zero-order chi connectivity index (χ0) is 24.7. The molecular weight excluding hydrogens is 434 g/mol. The van der Waals surface area contributed by atoms with Gasteiger partial charge in [0.1, 0.15) is 0 Å². The number of para-hydroxylation sites is 2. The molecule has 1 aliphatic rings. The Kier molecular flexibility index (Phi) is 5.81. The van der Waals surface area contributed by atoms with Gasteiger partial charge >= 0.3 is 6.03 Å². The Morgan fingerprint density at radius 3 is 2.29 bits per heavy atom. The first-order valence-electron chi connectivity index (χ1n) is 12.0. The highest BCUT2D eigenvalue weighted by Crippen LogP contribution is 2.39. The number of fused-ring (bicyclic) bond motifs is 1. The van der Waals surface area contributed by atoms with Crippen molar-refractivity contribution in [3.05, 3.63) is 94.7 Å². The molecule has 6 nitrogen and oxygen atoms in total. The summed E-state index contributed by atoms with van der Waals surface area (Å²) in [6.45, 7) is 10.3. The average molecular weight is 466 g/mol. The summed E-state index contributed by atoms with van der Waals surface area (Å²) < 4.78 is 2.11. The van der Waals surface area contributed by atoms with E-state index < -0.39 is 6.03 Å². The number of hydrogen-bond acceptors (Lipinski definition) is 3. The summed E-state index contributed by atoms with van der Waals surface area (Å²) in [6.07, 6.45) is 0. The van der Waals surface area contributed by atoms with Crippen molar-refractivity contribution in [3.63, 3.8) is 0 Å². The number of amides is 2. The Morgan fingerprint density at radius 2 is 1.63 bits per heavy atom. The smallest absolute Gasteiger partial charge is 0.316 e. The molecule has 0 unspecified atom stereocenters. The van der Waals surface area contributed by atoms with Gasteiger partial charge in [-0.1, -0.05) is 62.4 Å². The molecule has 6 heteroatoms. The largest absolute Gasteiger partial charge is 0.361 e. The Bertz CT molecular complexity index is 1380. The van der Waals surface area contributed by atoms with Crippen LogP contribution in [-0.4, -0.2) is 15.8 Å². The second-order valence-corrected chi connectivity index (χ2v) is 9.56. The molecule has 0 atom stereocenters. The molecule has 2 heterocycles. The van der Waals surface area contributed by atoms with Crippen LogP contribution in [-0.2, 0) is 13.1 Å². The normalized spacial score (nSPS) is 12.8. The van der Waals surface area contributed by atoms with Crippen LogP contribution in [0, 0.1) is 13.8 Å². The van der Waals surface area contributed by atoms with Crippen molar-refractivity contribution in [2.75, 3.05) is 10.2 Å². The van der Waals surface area contributed by atoms with Gasteiger partial charge in [0.15, 0.2) is 0 Å². The summed E-state index contributed by atoms with van der Waals surface area (Å²) in [4.78, 5) is 13.7. The third kappa shape index (κ3) is 4.16. The van der Waals surface area contributed by atoms with E-state index in [-0.39, 0.29) is 0 Å². The minimum atomic E-state index is -0.571. The molecule has 0 fully saturated rings. The number of hydrogen-bond donors (Lipinski definition) is 2. The van der Waals surface area contributed by atoms with Crippen molar-refractivity contribution in [2.24, 2.45) is 5.73 Å². The van der Waals surface area contributed by atoms with E-state index in [0.717, 1.165) is 35.7 Å². The van der Waals surface area contributed by atoms with Gasteiger partial charge in [-0.25, -0.2) is 9.48 Å². The van der Waals surface area contributed by atoms with Crippen LogP contribution in [0.3, 0.4) is 0 Å². The van der Waals surface area contributed by atoms with E-state index in [2.05, 4.69) is 85.1 Å². The number of nitrogens with two attached hydrogens (primary N) is 1. The molecule has 3 aromatic carbocycles. The minimum absolute atomic E-state index is 0.443. The number of aryl methyl sites for hydroxylation is 2. The predicted molar refractivity (Wildman–Crippen MR) is 142 cm³/mol. The van der Waals surface area contributed by atoms with Gasteiger partial charge in [-0.15, -0.1) is 0 Å². The fraction of sp³-hybridized carbons (Fsp3) is 0.241. The first kappa shape index (κ1) is 22.7. The van der Waals surface area contributed by atoms with Gasteiger partial charge in [0.2, 0.25) is 0 Å². The standard InChI is InChI=1S/C29H31N5O/c1-18(2)23-10-5-6-11-26(23)33-16-24-25(17-33)32-34(27-19(3)8-7-9-20(27)4)28(24)21-12-14-22(15-13-21)31-29(30)35/h5-15,18H,16-17H2,1-4H3,(H3,30,31,35). The zero-order valence-electron chi connectivity index (χ0n) is 20.7. The van der Waals surface area contributed by atoms with Crippen molar-refractivity contribution in [1.29, 1.82) is 0 Å². The first-order valence-corrected chi connectivity index (χ1v) is 12.0. The molecule has 0 radical (unpaired) electrons. The summed E-state index contributed by atoms with van der Waals surface area (Å²) in [7, 11) is 0. The first-order chi connectivity index (χ1) is 16.8. The van der Waals surface area contributed by atoms with Crippen molar-refractivity contribution in [1.82, 2.24) is 9.78 Å². The van der Waals surface area contributed by atoms with Crippen LogP contribution in [0.1, 0.15) is 47.7 Å². The minimum Gasteiger partial charge on any atom is -0.361 e. The molecule has 0 bridgehead atoms. The number of nitrogens with one attached hydrogen (secondary N) is 1. The maximum absolute atomic E-state index is 11.3. The van der Waals surface area contributed by atoms with Gasteiger partial charge in [-0.05, 0) is 54.7 Å². The fourth-order valence-corrected chi connectivity index (χ4v) is 5.10. The van der Waals surface area contributed by atoms with Gasteiger partial charge in [-0.3, -0.25) is 0 Å². The Balaban J connectivity index is 1.63. The predicted octanol–water partition coefficient (Wildman–Crippen LogP) is 6.29. The van der Waals surface area contributed by atoms with Crippen molar-refractivity contribution < 1.29 is 4.79 Å². The van der Waals surface area contributed by atoms with Crippen LogP contribution in [0.4, 0.5) is 16.2 Å². The molecule has 1 aromatic heterocycles. The second kappa shape index (κ2) is 8.95. The van der Waals surface area contributed by atoms with Gasteiger partial charge in [0.05, 0.1) is 23.6 Å². The summed E-state index contributed by atoms with van der Waals surface area (Å²) in [6, 6.07) is 22.2. The lowest BCUT2D eigenvalue weighted by Gasteiger charge is -2.24. The number of aromatic nitrogens is 2. The molecule has 2 amide bonds. The van der Waals surface area contributed by atoms with Gasteiger partial charge < -0.3 is 16.0 Å². The number of benzene rings is 3. The van der Waals surface area contributed by atoms with E-state index in [0.29, 0.717) is 11.6 Å². The molecule has 178 valence electrons. The van der Waals surface area contributed by atoms with Crippen LogP contribution in [0.25, 0.3) is 16.9 Å². The number of carbonyl (C=O) groups excluding carboxylic acids is 1. The molecule has 0 aliphatic carbocycles. The van der Waals surface area contributed by atoms with Crippen LogP contribution >= 0.6 is 0 Å². The van der Waals surface area contributed by atoms with Crippen molar-refractivity contribution in [2.45, 2.75) is 46.7 Å². The third-order valence-electron chi connectivity index (χ3n) is 6.73. The number of rotatable bonds is 5. The Hall–Kier alpha value is -4.06. The van der Waals surface area contributed by atoms with Crippen molar-refractivity contribution >= 4 is 17.4 Å². The van der Waals surface area contributed by atoms with Gasteiger partial charge in [0, 0.05) is 29.0 Å². The van der Waals surface area contributed by atoms with E-state index in [1.165, 1.54) is 27.9 Å². The molecule has 1 aliphatic heterocycles. The van der Waals surface area contributed by atoms with E-state index in [9.17, 15) is 4.79 Å². The molecule has 0 saturated heterocycles. The van der Waals surface area contributed by atoms with E-state index in [4.69, 9.17) is 10.8 Å². The molecule has 3 N–H and O–H groups in total. The average Bonchev–Trinajstić information content (AvgIpc) is 3.37. The molecule has 4 aromatic rings. The topological polar surface area (TPSA) is 76.2 Å². The Morgan fingerprint density at radius 1 is 0.943 bits per heavy atom. The quantitative estimate of drug-likeness (QED) is 0.364. The molecule has 35 heavy (non-hydrogen) atoms. The van der Waals surface area contributed by atoms with Gasteiger partial charge in [0.25, 0.3) is 0 Å². The van der Waals surface area contributed by atoms with Crippen LogP contribution in [0.2, 0.25) is 0 Å². The summed E-state index contributed by atoms with van der Waals surface area (Å²) >= 11 is 0. The lowest BCUT2D eigenvalue weighted by Crippen LogP contribution is -2.19. The maximum atomic E-state index is 11.3. The highest BCUT2D eigenvalue weighted by atomic mass is 16.2. The number of urea groups is 1. The monoisotopic (exact) mass is 465 g/mol. The van der Waals surface area contributed by atoms with E-state index in [1.807, 2.05) is 24.3 Å². The van der Waals surface area contributed by atoms with Crippen LogP contribution < -0.4 is 16.0 Å². The van der Waals surface area contributed by atoms with Gasteiger partial charge in [-0.2, -0.15) is 5.10 Å². The summed E-state index contributed by atoms with van der Waals surface area (Å²) in [5.41, 5.74) is 16.5.